The van der Waals surface area contributed by atoms with Gasteiger partial charge in [-0.2, -0.15) is 0 Å². The molecule has 2 fully saturated rings. The van der Waals surface area contributed by atoms with Gasteiger partial charge in [-0.05, 0) is 67.6 Å². The van der Waals surface area contributed by atoms with Gasteiger partial charge in [0.05, 0.1) is 5.92 Å². The topological polar surface area (TPSA) is 73.5 Å². The van der Waals surface area contributed by atoms with Crippen molar-refractivity contribution < 1.29 is 9.59 Å². The van der Waals surface area contributed by atoms with Crippen LogP contribution in [0.3, 0.4) is 0 Å². The van der Waals surface area contributed by atoms with Gasteiger partial charge < -0.3 is 20.9 Å². The number of carbonyl (C=O) groups excluding carboxylic acids is 2. The van der Waals surface area contributed by atoms with Gasteiger partial charge in [0.25, 0.3) is 0 Å². The molecule has 3 N–H and O–H groups in total. The number of hydrogen-bond acceptors (Lipinski definition) is 4. The molecule has 0 radical (unpaired) electrons. The van der Waals surface area contributed by atoms with Gasteiger partial charge in [-0.3, -0.25) is 9.59 Å². The van der Waals surface area contributed by atoms with Gasteiger partial charge in [-0.1, -0.05) is 19.1 Å². The highest BCUT2D eigenvalue weighted by molar-refractivity contribution is 5.89. The molecule has 0 spiro atoms. The van der Waals surface area contributed by atoms with E-state index in [1.165, 1.54) is 18.5 Å². The normalized spacial score (nSPS) is 21.6. The van der Waals surface area contributed by atoms with Crippen molar-refractivity contribution in [2.45, 2.75) is 45.7 Å². The van der Waals surface area contributed by atoms with Crippen LogP contribution in [0.1, 0.15) is 38.7 Å². The molecule has 2 heterocycles. The molecule has 4 rings (SSSR count). The van der Waals surface area contributed by atoms with Gasteiger partial charge in [0.15, 0.2) is 0 Å². The smallest absolute Gasteiger partial charge is 0.225 e. The van der Waals surface area contributed by atoms with E-state index in [1.807, 2.05) is 31.2 Å². The third kappa shape index (κ3) is 5.37. The van der Waals surface area contributed by atoms with Crippen LogP contribution < -0.4 is 20.9 Å². The summed E-state index contributed by atoms with van der Waals surface area (Å²) in [6.45, 7) is 6.94. The summed E-state index contributed by atoms with van der Waals surface area (Å²) in [5.74, 6) is 0.420. The SMILES string of the molecule is CC1CCN(c2ccc(Nc3ccc(CNC(=O)C4CC(=O)NC4C)cc3)cc2)CC1. The maximum absolute atomic E-state index is 12.3. The number of nitrogens with one attached hydrogen (secondary N) is 3. The predicted octanol–water partition coefficient (Wildman–Crippen LogP) is 3.81. The van der Waals surface area contributed by atoms with Gasteiger partial charge in [0, 0.05) is 49.2 Å². The number of rotatable bonds is 6. The fourth-order valence-electron chi connectivity index (χ4n) is 4.32. The molecule has 2 unspecified atom stereocenters. The first-order chi connectivity index (χ1) is 15.0. The second kappa shape index (κ2) is 9.41. The zero-order valence-electron chi connectivity index (χ0n) is 18.4. The number of amides is 2. The Morgan fingerprint density at radius 3 is 2.19 bits per heavy atom. The van der Waals surface area contributed by atoms with E-state index < -0.39 is 0 Å². The molecule has 2 aliphatic heterocycles. The van der Waals surface area contributed by atoms with E-state index in [0.29, 0.717) is 6.54 Å². The minimum Gasteiger partial charge on any atom is -0.372 e. The molecule has 0 aromatic heterocycles. The molecule has 0 aliphatic carbocycles. The number of anilines is 3. The summed E-state index contributed by atoms with van der Waals surface area (Å²) >= 11 is 0. The Morgan fingerprint density at radius 1 is 1.00 bits per heavy atom. The first-order valence-electron chi connectivity index (χ1n) is 11.3. The van der Waals surface area contributed by atoms with Crippen molar-refractivity contribution in [3.05, 3.63) is 54.1 Å². The zero-order chi connectivity index (χ0) is 21.8. The second-order valence-corrected chi connectivity index (χ2v) is 8.92. The van der Waals surface area contributed by atoms with Crippen LogP contribution in [0.4, 0.5) is 17.1 Å². The second-order valence-electron chi connectivity index (χ2n) is 8.92. The van der Waals surface area contributed by atoms with Crippen LogP contribution in [-0.4, -0.2) is 30.9 Å². The summed E-state index contributed by atoms with van der Waals surface area (Å²) in [5, 5.41) is 9.17. The maximum Gasteiger partial charge on any atom is 0.225 e. The molecule has 31 heavy (non-hydrogen) atoms. The molecule has 164 valence electrons. The standard InChI is InChI=1S/C25H32N4O2/c1-17-11-13-29(14-12-17)22-9-7-21(8-10-22)28-20-5-3-19(4-6-20)16-26-25(31)23-15-24(30)27-18(23)2/h3-10,17-18,23,28H,11-16H2,1-2H3,(H,26,31)(H,27,30). The summed E-state index contributed by atoms with van der Waals surface area (Å²) in [4.78, 5) is 26.2. The third-order valence-electron chi connectivity index (χ3n) is 6.46. The van der Waals surface area contributed by atoms with Crippen LogP contribution in [0, 0.1) is 11.8 Å². The minimum absolute atomic E-state index is 0.0540. The highest BCUT2D eigenvalue weighted by atomic mass is 16.2. The van der Waals surface area contributed by atoms with Crippen LogP contribution in [-0.2, 0) is 16.1 Å². The van der Waals surface area contributed by atoms with E-state index in [9.17, 15) is 9.59 Å². The van der Waals surface area contributed by atoms with Crippen molar-refractivity contribution in [1.82, 2.24) is 10.6 Å². The summed E-state index contributed by atoms with van der Waals surface area (Å²) in [6, 6.07) is 16.6. The first-order valence-corrected chi connectivity index (χ1v) is 11.3. The lowest BCUT2D eigenvalue weighted by molar-refractivity contribution is -0.126. The Kier molecular flexibility index (Phi) is 6.44. The number of hydrogen-bond donors (Lipinski definition) is 3. The van der Waals surface area contributed by atoms with Crippen molar-refractivity contribution in [2.75, 3.05) is 23.3 Å². The Balaban J connectivity index is 1.27. The summed E-state index contributed by atoms with van der Waals surface area (Å²) in [6.07, 6.45) is 2.80. The van der Waals surface area contributed by atoms with Gasteiger partial charge >= 0.3 is 0 Å². The lowest BCUT2D eigenvalue weighted by Crippen LogP contribution is -2.36. The summed E-state index contributed by atoms with van der Waals surface area (Å²) < 4.78 is 0. The monoisotopic (exact) mass is 420 g/mol. The molecule has 6 heteroatoms. The summed E-state index contributed by atoms with van der Waals surface area (Å²) in [7, 11) is 0. The lowest BCUT2D eigenvalue weighted by atomic mass is 9.99. The maximum atomic E-state index is 12.3. The molecule has 6 nitrogen and oxygen atoms in total. The third-order valence-corrected chi connectivity index (χ3v) is 6.46. The average molecular weight is 421 g/mol. The molecule has 0 saturated carbocycles. The van der Waals surface area contributed by atoms with E-state index in [4.69, 9.17) is 0 Å². The Bertz CT molecular complexity index is 902. The van der Waals surface area contributed by atoms with Crippen LogP contribution in [0.15, 0.2) is 48.5 Å². The number of carbonyl (C=O) groups is 2. The van der Waals surface area contributed by atoms with Crippen molar-refractivity contribution in [3.8, 4) is 0 Å². The number of benzene rings is 2. The fourth-order valence-corrected chi connectivity index (χ4v) is 4.32. The van der Waals surface area contributed by atoms with Gasteiger partial charge in [0.1, 0.15) is 0 Å². The molecule has 2 atom stereocenters. The summed E-state index contributed by atoms with van der Waals surface area (Å²) in [5.41, 5.74) is 4.38. The van der Waals surface area contributed by atoms with E-state index in [-0.39, 0.29) is 30.2 Å². The van der Waals surface area contributed by atoms with Crippen LogP contribution >= 0.6 is 0 Å². The Labute approximate surface area is 184 Å². The Hall–Kier alpha value is -3.02. The van der Waals surface area contributed by atoms with Crippen molar-refractivity contribution in [3.63, 3.8) is 0 Å². The Morgan fingerprint density at radius 2 is 1.61 bits per heavy atom. The number of piperidine rings is 1. The van der Waals surface area contributed by atoms with E-state index in [0.717, 1.165) is 35.9 Å². The average Bonchev–Trinajstić information content (AvgIpc) is 3.12. The van der Waals surface area contributed by atoms with Crippen molar-refractivity contribution >= 4 is 28.9 Å². The minimum atomic E-state index is -0.287. The van der Waals surface area contributed by atoms with Crippen molar-refractivity contribution in [2.24, 2.45) is 11.8 Å². The van der Waals surface area contributed by atoms with E-state index in [1.54, 1.807) is 0 Å². The van der Waals surface area contributed by atoms with E-state index in [2.05, 4.69) is 52.0 Å². The van der Waals surface area contributed by atoms with Crippen LogP contribution in [0.25, 0.3) is 0 Å². The zero-order valence-corrected chi connectivity index (χ0v) is 18.4. The molecular weight excluding hydrogens is 388 g/mol. The highest BCUT2D eigenvalue weighted by Gasteiger charge is 2.34. The largest absolute Gasteiger partial charge is 0.372 e. The first kappa shape index (κ1) is 21.2. The molecular formula is C25H32N4O2. The fraction of sp³-hybridized carbons (Fsp3) is 0.440. The number of nitrogens with zero attached hydrogens (tertiary/aromatic N) is 1. The van der Waals surface area contributed by atoms with Gasteiger partial charge in [0.2, 0.25) is 11.8 Å². The molecule has 2 saturated heterocycles. The predicted molar refractivity (Wildman–Crippen MR) is 124 cm³/mol. The molecule has 2 aliphatic rings. The van der Waals surface area contributed by atoms with Gasteiger partial charge in [-0.15, -0.1) is 0 Å². The molecule has 0 bridgehead atoms. The van der Waals surface area contributed by atoms with Crippen molar-refractivity contribution in [1.29, 1.82) is 0 Å². The lowest BCUT2D eigenvalue weighted by Gasteiger charge is -2.32. The molecule has 2 aromatic rings. The molecule has 2 aromatic carbocycles. The van der Waals surface area contributed by atoms with Crippen LogP contribution in [0.5, 0.6) is 0 Å². The van der Waals surface area contributed by atoms with Gasteiger partial charge in [-0.25, -0.2) is 0 Å². The molecule has 2 amide bonds. The van der Waals surface area contributed by atoms with Crippen LogP contribution in [0.2, 0.25) is 0 Å². The highest BCUT2D eigenvalue weighted by Crippen LogP contribution is 2.25. The van der Waals surface area contributed by atoms with E-state index >= 15 is 0 Å². The quantitative estimate of drug-likeness (QED) is 0.665.